The van der Waals surface area contributed by atoms with E-state index < -0.39 is 0 Å². The number of nitrogens with zero attached hydrogens (tertiary/aromatic N) is 2. The fourth-order valence-electron chi connectivity index (χ4n) is 1.74. The first kappa shape index (κ1) is 14.3. The number of hydrogen-bond donors (Lipinski definition) is 2. The number of aliphatic hydroxyl groups excluding tert-OH is 1. The number of amides is 1. The van der Waals surface area contributed by atoms with Crippen molar-refractivity contribution in [1.29, 1.82) is 0 Å². The van der Waals surface area contributed by atoms with E-state index in [2.05, 4.69) is 22.3 Å². The second kappa shape index (κ2) is 5.90. The molecular formula is C14H15N3O2S. The van der Waals surface area contributed by atoms with Crippen LogP contribution in [0.1, 0.15) is 25.8 Å². The Morgan fingerprint density at radius 3 is 2.90 bits per heavy atom. The van der Waals surface area contributed by atoms with Gasteiger partial charge in [0, 0.05) is 13.2 Å². The number of aromatic nitrogens is 2. The first-order valence-corrected chi connectivity index (χ1v) is 6.84. The molecule has 6 heteroatoms. The topological polar surface area (TPSA) is 67.2 Å². The number of rotatable bonds is 2. The average Bonchev–Trinajstić information content (AvgIpc) is 2.90. The minimum atomic E-state index is -0.187. The Kier molecular flexibility index (Phi) is 4.23. The first-order chi connectivity index (χ1) is 9.51. The zero-order valence-corrected chi connectivity index (χ0v) is 12.3. The molecule has 0 saturated carbocycles. The Morgan fingerprint density at radius 1 is 1.55 bits per heavy atom. The Morgan fingerprint density at radius 2 is 2.30 bits per heavy atom. The molecule has 2 aromatic rings. The van der Waals surface area contributed by atoms with Crippen LogP contribution in [0.15, 0.2) is 12.3 Å². The number of nitrogens with one attached hydrogen (secondary N) is 1. The zero-order chi connectivity index (χ0) is 14.7. The van der Waals surface area contributed by atoms with E-state index >= 15 is 0 Å². The number of carbonyl (C=O) groups is 1. The summed E-state index contributed by atoms with van der Waals surface area (Å²) < 4.78 is 1.66. The van der Waals surface area contributed by atoms with Crippen LogP contribution in [0, 0.1) is 25.7 Å². The minimum absolute atomic E-state index is 0.175. The van der Waals surface area contributed by atoms with Crippen molar-refractivity contribution in [3.8, 4) is 11.8 Å². The molecule has 2 aromatic heterocycles. The van der Waals surface area contributed by atoms with E-state index in [9.17, 15) is 4.79 Å². The number of thiophene rings is 1. The monoisotopic (exact) mass is 289 g/mol. The third-order valence-electron chi connectivity index (χ3n) is 2.68. The number of hydrogen-bond acceptors (Lipinski definition) is 4. The number of aryl methyl sites for hydroxylation is 3. The Hall–Kier alpha value is -2.10. The maximum absolute atomic E-state index is 12.2. The van der Waals surface area contributed by atoms with Gasteiger partial charge in [-0.05, 0) is 25.5 Å². The molecule has 0 aliphatic carbocycles. The lowest BCUT2D eigenvalue weighted by Crippen LogP contribution is -2.10. The van der Waals surface area contributed by atoms with Crippen LogP contribution in [-0.2, 0) is 7.05 Å². The van der Waals surface area contributed by atoms with E-state index in [4.69, 9.17) is 5.11 Å². The molecule has 0 fully saturated rings. The average molecular weight is 289 g/mol. The van der Waals surface area contributed by atoms with Gasteiger partial charge in [0.05, 0.1) is 21.1 Å². The van der Waals surface area contributed by atoms with E-state index in [-0.39, 0.29) is 12.5 Å². The van der Waals surface area contributed by atoms with Gasteiger partial charge in [-0.15, -0.1) is 11.3 Å². The quantitative estimate of drug-likeness (QED) is 0.827. The van der Waals surface area contributed by atoms with Crippen molar-refractivity contribution < 1.29 is 9.90 Å². The van der Waals surface area contributed by atoms with Gasteiger partial charge in [0.25, 0.3) is 5.91 Å². The van der Waals surface area contributed by atoms with Gasteiger partial charge in [-0.25, -0.2) is 0 Å². The SMILES string of the molecule is Cc1cc(C(=O)Nc2cn(C)nc2C)sc1C#CCO. The highest BCUT2D eigenvalue weighted by Gasteiger charge is 2.13. The third kappa shape index (κ3) is 3.07. The molecule has 0 radical (unpaired) electrons. The molecule has 0 bridgehead atoms. The van der Waals surface area contributed by atoms with Crippen LogP contribution in [-0.4, -0.2) is 27.4 Å². The smallest absolute Gasteiger partial charge is 0.265 e. The van der Waals surface area contributed by atoms with Crippen LogP contribution in [0.3, 0.4) is 0 Å². The van der Waals surface area contributed by atoms with E-state index in [0.29, 0.717) is 10.6 Å². The molecule has 20 heavy (non-hydrogen) atoms. The molecule has 2 rings (SSSR count). The molecule has 0 aliphatic rings. The summed E-state index contributed by atoms with van der Waals surface area (Å²) in [6.45, 7) is 3.55. The van der Waals surface area contributed by atoms with Crippen molar-refractivity contribution in [1.82, 2.24) is 9.78 Å². The standard InChI is InChI=1S/C14H15N3O2S/c1-9-7-13(20-12(9)5-4-6-18)14(19)15-11-8-17(3)16-10(11)2/h7-8,18H,6H2,1-3H3,(H,15,19). The van der Waals surface area contributed by atoms with Crippen molar-refractivity contribution in [2.75, 3.05) is 11.9 Å². The summed E-state index contributed by atoms with van der Waals surface area (Å²) in [5, 5.41) is 15.7. The summed E-state index contributed by atoms with van der Waals surface area (Å²) in [4.78, 5) is 13.6. The Labute approximate surface area is 121 Å². The second-order valence-electron chi connectivity index (χ2n) is 4.34. The van der Waals surface area contributed by atoms with Gasteiger partial charge >= 0.3 is 0 Å². The van der Waals surface area contributed by atoms with Crippen molar-refractivity contribution in [3.63, 3.8) is 0 Å². The van der Waals surface area contributed by atoms with E-state index in [1.165, 1.54) is 11.3 Å². The predicted octanol–water partition coefficient (Wildman–Crippen LogP) is 1.69. The van der Waals surface area contributed by atoms with Crippen molar-refractivity contribution in [2.45, 2.75) is 13.8 Å². The van der Waals surface area contributed by atoms with Crippen molar-refractivity contribution >= 4 is 22.9 Å². The molecule has 0 atom stereocenters. The highest BCUT2D eigenvalue weighted by atomic mass is 32.1. The fourth-order valence-corrected chi connectivity index (χ4v) is 2.69. The molecular weight excluding hydrogens is 274 g/mol. The molecule has 0 unspecified atom stereocenters. The van der Waals surface area contributed by atoms with Gasteiger partial charge in [0.15, 0.2) is 0 Å². The third-order valence-corrected chi connectivity index (χ3v) is 3.84. The molecule has 1 amide bonds. The normalized spacial score (nSPS) is 10.0. The van der Waals surface area contributed by atoms with E-state index in [1.807, 2.05) is 13.8 Å². The lowest BCUT2D eigenvalue weighted by Gasteiger charge is -2.00. The summed E-state index contributed by atoms with van der Waals surface area (Å²) in [5.41, 5.74) is 2.41. The van der Waals surface area contributed by atoms with Crippen LogP contribution < -0.4 is 5.32 Å². The number of aliphatic hydroxyl groups is 1. The lowest BCUT2D eigenvalue weighted by molar-refractivity contribution is 0.103. The largest absolute Gasteiger partial charge is 0.384 e. The molecule has 0 aromatic carbocycles. The van der Waals surface area contributed by atoms with Crippen LogP contribution in [0.2, 0.25) is 0 Å². The molecule has 2 N–H and O–H groups in total. The minimum Gasteiger partial charge on any atom is -0.384 e. The molecule has 0 aliphatic heterocycles. The molecule has 2 heterocycles. The van der Waals surface area contributed by atoms with Crippen LogP contribution in [0.4, 0.5) is 5.69 Å². The second-order valence-corrected chi connectivity index (χ2v) is 5.39. The number of anilines is 1. The van der Waals surface area contributed by atoms with E-state index in [1.54, 1.807) is 24.0 Å². The Bertz CT molecular complexity index is 704. The highest BCUT2D eigenvalue weighted by Crippen LogP contribution is 2.22. The van der Waals surface area contributed by atoms with Crippen molar-refractivity contribution in [3.05, 3.63) is 33.3 Å². The van der Waals surface area contributed by atoms with Gasteiger partial charge in [-0.1, -0.05) is 11.8 Å². The summed E-state index contributed by atoms with van der Waals surface area (Å²) in [7, 11) is 1.81. The summed E-state index contributed by atoms with van der Waals surface area (Å²) in [6.07, 6.45) is 1.76. The van der Waals surface area contributed by atoms with Gasteiger partial charge in [-0.3, -0.25) is 9.48 Å². The van der Waals surface area contributed by atoms with Crippen LogP contribution >= 0.6 is 11.3 Å². The van der Waals surface area contributed by atoms with Crippen molar-refractivity contribution in [2.24, 2.45) is 7.05 Å². The highest BCUT2D eigenvalue weighted by molar-refractivity contribution is 7.14. The summed E-state index contributed by atoms with van der Waals surface area (Å²) >= 11 is 1.32. The molecule has 0 spiro atoms. The predicted molar refractivity (Wildman–Crippen MR) is 78.9 cm³/mol. The summed E-state index contributed by atoms with van der Waals surface area (Å²) in [6, 6.07) is 1.80. The maximum Gasteiger partial charge on any atom is 0.265 e. The zero-order valence-electron chi connectivity index (χ0n) is 11.5. The van der Waals surface area contributed by atoms with Crippen LogP contribution in [0.5, 0.6) is 0 Å². The van der Waals surface area contributed by atoms with Gasteiger partial charge in [0.2, 0.25) is 0 Å². The Balaban J connectivity index is 2.19. The number of carbonyl (C=O) groups excluding carboxylic acids is 1. The maximum atomic E-state index is 12.2. The lowest BCUT2D eigenvalue weighted by atomic mass is 10.2. The first-order valence-electron chi connectivity index (χ1n) is 6.03. The van der Waals surface area contributed by atoms with Gasteiger partial charge in [-0.2, -0.15) is 5.10 Å². The molecule has 0 saturated heterocycles. The fraction of sp³-hybridized carbons (Fsp3) is 0.286. The van der Waals surface area contributed by atoms with E-state index in [0.717, 1.165) is 16.1 Å². The van der Waals surface area contributed by atoms with Gasteiger partial charge in [0.1, 0.15) is 6.61 Å². The van der Waals surface area contributed by atoms with Crippen LogP contribution in [0.25, 0.3) is 0 Å². The summed E-state index contributed by atoms with van der Waals surface area (Å²) in [5.74, 6) is 5.26. The molecule has 5 nitrogen and oxygen atoms in total. The molecule has 104 valence electrons. The van der Waals surface area contributed by atoms with Gasteiger partial charge < -0.3 is 10.4 Å².